The van der Waals surface area contributed by atoms with Gasteiger partial charge in [-0.05, 0) is 113 Å². The second-order valence-electron chi connectivity index (χ2n) is 15.4. The van der Waals surface area contributed by atoms with Crippen molar-refractivity contribution in [3.63, 3.8) is 0 Å². The summed E-state index contributed by atoms with van der Waals surface area (Å²) in [6.07, 6.45) is 7.18. The summed E-state index contributed by atoms with van der Waals surface area (Å²) < 4.78 is 7.60. The van der Waals surface area contributed by atoms with Crippen LogP contribution in [0.3, 0.4) is 0 Å². The number of benzene rings is 7. The minimum absolute atomic E-state index is 0.00294. The number of rotatable bonds is 5. The first-order chi connectivity index (χ1) is 27.1. The Balaban J connectivity index is 1.09. The number of aromatic nitrogens is 1. The average Bonchev–Trinajstić information content (AvgIpc) is 3.84. The summed E-state index contributed by atoms with van der Waals surface area (Å²) in [7, 11) is -0.965. The molecule has 0 N–H and O–H groups in total. The van der Waals surface area contributed by atoms with Gasteiger partial charge in [-0.2, -0.15) is 0 Å². The predicted octanol–water partition coefficient (Wildman–Crippen LogP) is 13.8. The van der Waals surface area contributed by atoms with E-state index >= 15 is 0 Å². The maximum Gasteiger partial charge on any atom is 0.138 e. The monoisotopic (exact) mass is 725 g/mol. The standard InChI is InChI=1S/C51H40N3P/c1-51(2)45-27-14-12-25-41(45)43-34-49-44(33-46(43)51)42-26-13-15-28-47(42)52(49)39-22-16-17-35(31-39)36-29-30-48-50(32-36)54(38-20-8-4-9-21-38)55(40-23-10-5-11-24-40)53(48)37-18-6-3-7-19-37/h3-11,13,15-34H,12,14H2,1-2H3. The van der Waals surface area contributed by atoms with Crippen molar-refractivity contribution >= 4 is 63.7 Å². The van der Waals surface area contributed by atoms with Gasteiger partial charge in [0.1, 0.15) is 8.22 Å². The van der Waals surface area contributed by atoms with Gasteiger partial charge in [-0.15, -0.1) is 0 Å². The van der Waals surface area contributed by atoms with Gasteiger partial charge in [0.05, 0.1) is 22.4 Å². The molecule has 0 amide bonds. The minimum Gasteiger partial charge on any atom is -0.309 e. The van der Waals surface area contributed by atoms with Gasteiger partial charge in [-0.3, -0.25) is 9.34 Å². The summed E-state index contributed by atoms with van der Waals surface area (Å²) in [5, 5.41) is 3.92. The van der Waals surface area contributed by atoms with Crippen molar-refractivity contribution in [2.45, 2.75) is 32.1 Å². The normalized spacial score (nSPS) is 16.9. The quantitative estimate of drug-likeness (QED) is 0.164. The molecule has 0 spiro atoms. The van der Waals surface area contributed by atoms with Crippen LogP contribution in [0.5, 0.6) is 0 Å². The highest BCUT2D eigenvalue weighted by Gasteiger charge is 2.41. The first-order valence-corrected chi connectivity index (χ1v) is 20.6. The predicted molar refractivity (Wildman–Crippen MR) is 235 cm³/mol. The molecular formula is C51H40N3P. The Hall–Kier alpha value is -6.15. The van der Waals surface area contributed by atoms with E-state index in [-0.39, 0.29) is 5.41 Å². The lowest BCUT2D eigenvalue weighted by molar-refractivity contribution is 0.655. The number of hydrogen-bond acceptors (Lipinski definition) is 2. The maximum absolute atomic E-state index is 2.57. The van der Waals surface area contributed by atoms with Crippen molar-refractivity contribution in [3.05, 3.63) is 199 Å². The fraction of sp³-hybridized carbons (Fsp3) is 0.0980. The molecular weight excluding hydrogens is 686 g/mol. The van der Waals surface area contributed by atoms with E-state index in [0.717, 1.165) is 12.8 Å². The molecule has 1 unspecified atom stereocenters. The van der Waals surface area contributed by atoms with E-state index in [9.17, 15) is 0 Å². The number of allylic oxidation sites excluding steroid dienone is 4. The summed E-state index contributed by atoms with van der Waals surface area (Å²) in [6.45, 7) is 4.80. The molecule has 0 saturated carbocycles. The van der Waals surface area contributed by atoms with Crippen molar-refractivity contribution in [3.8, 4) is 16.8 Å². The highest BCUT2D eigenvalue weighted by molar-refractivity contribution is 7.70. The van der Waals surface area contributed by atoms with Gasteiger partial charge in [0.2, 0.25) is 0 Å². The largest absolute Gasteiger partial charge is 0.309 e. The molecule has 264 valence electrons. The molecule has 0 radical (unpaired) electrons. The first kappa shape index (κ1) is 32.3. The number of nitrogens with zero attached hydrogens (tertiary/aromatic N) is 3. The van der Waals surface area contributed by atoms with Crippen LogP contribution in [0.2, 0.25) is 0 Å². The fourth-order valence-electron chi connectivity index (χ4n) is 9.30. The van der Waals surface area contributed by atoms with Gasteiger partial charge in [0, 0.05) is 38.6 Å². The van der Waals surface area contributed by atoms with Crippen LogP contribution in [-0.2, 0) is 5.41 Å². The van der Waals surface area contributed by atoms with E-state index in [2.05, 4.69) is 210 Å². The molecule has 2 aliphatic carbocycles. The Labute approximate surface area is 324 Å². The van der Waals surface area contributed by atoms with E-state index in [0.29, 0.717) is 0 Å². The highest BCUT2D eigenvalue weighted by Crippen LogP contribution is 2.65. The van der Waals surface area contributed by atoms with Gasteiger partial charge >= 0.3 is 0 Å². The first-order valence-electron chi connectivity index (χ1n) is 19.4. The molecule has 0 fully saturated rings. The van der Waals surface area contributed by atoms with Gasteiger partial charge in [0.15, 0.2) is 0 Å². The second kappa shape index (κ2) is 12.4. The Bertz CT molecular complexity index is 2850. The van der Waals surface area contributed by atoms with Gasteiger partial charge in [-0.25, -0.2) is 0 Å². The number of fused-ring (bicyclic) bond motifs is 7. The van der Waals surface area contributed by atoms with E-state index in [1.54, 1.807) is 0 Å². The molecule has 1 aliphatic heterocycles. The third kappa shape index (κ3) is 4.93. The number of anilines is 4. The van der Waals surface area contributed by atoms with E-state index < -0.39 is 8.22 Å². The Kier molecular flexibility index (Phi) is 7.31. The molecule has 4 heteroatoms. The lowest BCUT2D eigenvalue weighted by Gasteiger charge is -2.32. The Morgan fingerprint density at radius 3 is 1.89 bits per heavy atom. The van der Waals surface area contributed by atoms with E-state index in [4.69, 9.17) is 0 Å². The van der Waals surface area contributed by atoms with E-state index in [1.807, 2.05) is 0 Å². The van der Waals surface area contributed by atoms with E-state index in [1.165, 1.54) is 88.9 Å². The van der Waals surface area contributed by atoms with Crippen molar-refractivity contribution in [2.24, 2.45) is 0 Å². The van der Waals surface area contributed by atoms with Crippen LogP contribution in [0.4, 0.5) is 22.7 Å². The topological polar surface area (TPSA) is 11.4 Å². The lowest BCUT2D eigenvalue weighted by atomic mass is 9.80. The lowest BCUT2D eigenvalue weighted by Crippen LogP contribution is -2.21. The Morgan fingerprint density at radius 1 is 0.491 bits per heavy atom. The molecule has 0 bridgehead atoms. The molecule has 8 aromatic rings. The second-order valence-corrected chi connectivity index (χ2v) is 17.3. The summed E-state index contributed by atoms with van der Waals surface area (Å²) in [5.74, 6) is 0. The third-order valence-corrected chi connectivity index (χ3v) is 14.3. The molecule has 11 rings (SSSR count). The Morgan fingerprint density at radius 2 is 1.13 bits per heavy atom. The molecule has 2 heterocycles. The highest BCUT2D eigenvalue weighted by atomic mass is 31.1. The average molecular weight is 726 g/mol. The molecule has 55 heavy (non-hydrogen) atoms. The zero-order valence-corrected chi connectivity index (χ0v) is 31.9. The number of para-hydroxylation sites is 3. The zero-order chi connectivity index (χ0) is 36.7. The third-order valence-electron chi connectivity index (χ3n) is 11.8. The van der Waals surface area contributed by atoms with Crippen LogP contribution in [0.25, 0.3) is 44.2 Å². The van der Waals surface area contributed by atoms with Crippen LogP contribution in [0, 0.1) is 0 Å². The molecule has 3 nitrogen and oxygen atoms in total. The summed E-state index contributed by atoms with van der Waals surface area (Å²) in [5.41, 5.74) is 16.6. The van der Waals surface area contributed by atoms with Crippen LogP contribution in [0.15, 0.2) is 188 Å². The summed E-state index contributed by atoms with van der Waals surface area (Å²) in [4.78, 5) is 0. The summed E-state index contributed by atoms with van der Waals surface area (Å²) in [6, 6.07) is 62.8. The molecule has 1 aromatic heterocycles. The minimum atomic E-state index is -0.965. The van der Waals surface area contributed by atoms with Crippen LogP contribution in [-0.4, -0.2) is 4.57 Å². The van der Waals surface area contributed by atoms with Gasteiger partial charge in [0.25, 0.3) is 0 Å². The van der Waals surface area contributed by atoms with Crippen molar-refractivity contribution < 1.29 is 0 Å². The SMILES string of the molecule is CC1(C)C2=CCCC=C2c2cc3c(cc21)c1ccccc1n3-c1cccc(-c2ccc3c(c2)N(c2ccccc2)P(c2ccccc2)N3c2ccccc2)c1. The molecule has 0 saturated heterocycles. The van der Waals surface area contributed by atoms with Crippen molar-refractivity contribution in [1.29, 1.82) is 0 Å². The zero-order valence-electron chi connectivity index (χ0n) is 31.0. The maximum atomic E-state index is 2.57. The number of hydrogen-bond donors (Lipinski definition) is 0. The smallest absolute Gasteiger partial charge is 0.138 e. The van der Waals surface area contributed by atoms with Gasteiger partial charge in [-0.1, -0.05) is 129 Å². The fourth-order valence-corrected chi connectivity index (χ4v) is 11.8. The van der Waals surface area contributed by atoms with Crippen molar-refractivity contribution in [1.82, 2.24) is 4.57 Å². The molecule has 7 aromatic carbocycles. The van der Waals surface area contributed by atoms with Crippen LogP contribution < -0.4 is 14.6 Å². The molecule has 1 atom stereocenters. The van der Waals surface area contributed by atoms with Crippen molar-refractivity contribution in [2.75, 3.05) is 9.34 Å². The molecule has 3 aliphatic rings. The van der Waals surface area contributed by atoms with Crippen LogP contribution in [0.1, 0.15) is 37.8 Å². The van der Waals surface area contributed by atoms with Crippen LogP contribution >= 0.6 is 8.22 Å². The van der Waals surface area contributed by atoms with Gasteiger partial charge < -0.3 is 4.57 Å². The summed E-state index contributed by atoms with van der Waals surface area (Å²) >= 11 is 0.